The van der Waals surface area contributed by atoms with Gasteiger partial charge >= 0.3 is 0 Å². The van der Waals surface area contributed by atoms with E-state index in [4.69, 9.17) is 23.8 Å². The number of hydroxylamine groups is 2. The second-order valence-corrected chi connectivity index (χ2v) is 10.1. The van der Waals surface area contributed by atoms with Gasteiger partial charge in [0.15, 0.2) is 5.79 Å². The van der Waals surface area contributed by atoms with Gasteiger partial charge in [0.2, 0.25) is 0 Å². The van der Waals surface area contributed by atoms with E-state index in [0.717, 1.165) is 30.8 Å². The van der Waals surface area contributed by atoms with Crippen molar-refractivity contribution in [2.24, 2.45) is 0 Å². The number of nitrogens with zero attached hydrogens (tertiary/aromatic N) is 1. The van der Waals surface area contributed by atoms with E-state index in [2.05, 4.69) is 65.0 Å². The van der Waals surface area contributed by atoms with Crippen LogP contribution >= 0.6 is 0 Å². The van der Waals surface area contributed by atoms with Gasteiger partial charge in [0, 0.05) is 18.4 Å². The number of benzene rings is 1. The van der Waals surface area contributed by atoms with Crippen LogP contribution in [0.4, 0.5) is 0 Å². The summed E-state index contributed by atoms with van der Waals surface area (Å²) in [5.74, 6) is 0.135. The van der Waals surface area contributed by atoms with E-state index in [-0.39, 0.29) is 23.3 Å². The number of rotatable bonds is 14. The van der Waals surface area contributed by atoms with Crippen molar-refractivity contribution < 1.29 is 23.8 Å². The number of piperidine rings is 1. The lowest BCUT2D eigenvalue weighted by atomic mass is 9.73. The van der Waals surface area contributed by atoms with Crippen LogP contribution in [0.3, 0.4) is 0 Å². The number of hydrogen-bond acceptors (Lipinski definition) is 6. The van der Waals surface area contributed by atoms with Gasteiger partial charge in [0.1, 0.15) is 24.6 Å². The summed E-state index contributed by atoms with van der Waals surface area (Å²) in [5, 5.41) is 2.23. The molecule has 34 heavy (non-hydrogen) atoms. The van der Waals surface area contributed by atoms with Crippen molar-refractivity contribution in [1.29, 1.82) is 0 Å². The summed E-state index contributed by atoms with van der Waals surface area (Å²) in [4.78, 5) is 6.76. The Morgan fingerprint density at radius 3 is 2.15 bits per heavy atom. The fourth-order valence-electron chi connectivity index (χ4n) is 5.13. The Kier molecular flexibility index (Phi) is 8.98. The number of ether oxygens (including phenoxy) is 4. The SMILES string of the molecule is C=CCOC1(OCC=C)CC(C)(C)N(OC(C)c2ccc(OCC3CO3)cc2)C(CC)(CC)C1. The van der Waals surface area contributed by atoms with Gasteiger partial charge in [-0.05, 0) is 51.3 Å². The number of epoxide rings is 1. The summed E-state index contributed by atoms with van der Waals surface area (Å²) in [6.07, 6.45) is 6.89. The maximum atomic E-state index is 6.76. The third kappa shape index (κ3) is 6.29. The van der Waals surface area contributed by atoms with Crippen LogP contribution in [0, 0.1) is 0 Å². The van der Waals surface area contributed by atoms with E-state index >= 15 is 0 Å². The molecule has 0 radical (unpaired) electrons. The van der Waals surface area contributed by atoms with Gasteiger partial charge in [0.25, 0.3) is 0 Å². The maximum absolute atomic E-state index is 6.76. The molecule has 3 rings (SSSR count). The molecule has 2 saturated heterocycles. The molecule has 0 saturated carbocycles. The highest BCUT2D eigenvalue weighted by atomic mass is 16.7. The highest BCUT2D eigenvalue weighted by Gasteiger charge is 2.57. The zero-order valence-corrected chi connectivity index (χ0v) is 21.7. The maximum Gasteiger partial charge on any atom is 0.172 e. The molecular weight excluding hydrogens is 430 g/mol. The van der Waals surface area contributed by atoms with Gasteiger partial charge in [-0.2, -0.15) is 5.06 Å². The summed E-state index contributed by atoms with van der Waals surface area (Å²) < 4.78 is 23.6. The minimum Gasteiger partial charge on any atom is -0.491 e. The Labute approximate surface area is 205 Å². The van der Waals surface area contributed by atoms with Gasteiger partial charge in [0.05, 0.1) is 25.4 Å². The molecule has 6 heteroatoms. The van der Waals surface area contributed by atoms with E-state index in [1.807, 2.05) is 12.1 Å². The van der Waals surface area contributed by atoms with Gasteiger partial charge in [-0.3, -0.25) is 4.84 Å². The van der Waals surface area contributed by atoms with E-state index in [1.165, 1.54) is 0 Å². The van der Waals surface area contributed by atoms with Crippen LogP contribution in [0.2, 0.25) is 0 Å². The first-order chi connectivity index (χ1) is 16.2. The van der Waals surface area contributed by atoms with E-state index < -0.39 is 5.79 Å². The van der Waals surface area contributed by atoms with Crippen LogP contribution in [0.15, 0.2) is 49.6 Å². The average Bonchev–Trinajstić information content (AvgIpc) is 3.66. The molecule has 2 aliphatic rings. The zero-order valence-electron chi connectivity index (χ0n) is 21.7. The fraction of sp³-hybridized carbons (Fsp3) is 0.643. The van der Waals surface area contributed by atoms with Crippen molar-refractivity contribution in [3.05, 3.63) is 55.1 Å². The quantitative estimate of drug-likeness (QED) is 0.188. The third-order valence-corrected chi connectivity index (χ3v) is 6.98. The van der Waals surface area contributed by atoms with E-state index in [0.29, 0.717) is 32.7 Å². The predicted molar refractivity (Wildman–Crippen MR) is 135 cm³/mol. The lowest BCUT2D eigenvalue weighted by molar-refractivity contribution is -0.372. The van der Waals surface area contributed by atoms with E-state index in [1.54, 1.807) is 12.2 Å². The first-order valence-corrected chi connectivity index (χ1v) is 12.5. The largest absolute Gasteiger partial charge is 0.491 e. The standard InChI is InChI=1S/C28H43NO5/c1-8-16-32-28(33-17-9-2)20-26(6,7)29(27(10-3,11-4)21-28)34-22(5)23-12-14-24(15-13-23)30-18-25-19-31-25/h8-9,12-15,22,25H,1-2,10-11,16-21H2,3-7H3. The topological polar surface area (TPSA) is 52.7 Å². The first kappa shape index (κ1) is 26.9. The molecule has 0 amide bonds. The summed E-state index contributed by atoms with van der Waals surface area (Å²) in [5.41, 5.74) is 0.537. The molecule has 0 aromatic heterocycles. The molecule has 1 aromatic carbocycles. The smallest absolute Gasteiger partial charge is 0.172 e. The van der Waals surface area contributed by atoms with E-state index in [9.17, 15) is 0 Å². The minimum atomic E-state index is -0.717. The Balaban J connectivity index is 1.79. The van der Waals surface area contributed by atoms with Crippen LogP contribution in [0.1, 0.15) is 72.0 Å². The molecule has 6 nitrogen and oxygen atoms in total. The van der Waals surface area contributed by atoms with Crippen LogP contribution < -0.4 is 4.74 Å². The second kappa shape index (κ2) is 11.4. The van der Waals surface area contributed by atoms with Gasteiger partial charge in [-0.25, -0.2) is 0 Å². The van der Waals surface area contributed by atoms with Crippen molar-refractivity contribution in [3.63, 3.8) is 0 Å². The third-order valence-electron chi connectivity index (χ3n) is 6.98. The van der Waals surface area contributed by atoms with Gasteiger partial charge in [-0.15, -0.1) is 13.2 Å². The molecule has 0 bridgehead atoms. The van der Waals surface area contributed by atoms with Crippen molar-refractivity contribution in [2.75, 3.05) is 26.4 Å². The Hall–Kier alpha value is -1.70. The van der Waals surface area contributed by atoms with Crippen LogP contribution in [0.5, 0.6) is 5.75 Å². The molecule has 0 N–H and O–H groups in total. The lowest BCUT2D eigenvalue weighted by Gasteiger charge is -2.59. The lowest BCUT2D eigenvalue weighted by Crippen LogP contribution is -2.68. The highest BCUT2D eigenvalue weighted by molar-refractivity contribution is 5.28. The molecule has 2 fully saturated rings. The summed E-state index contributed by atoms with van der Waals surface area (Å²) in [6.45, 7) is 20.9. The summed E-state index contributed by atoms with van der Waals surface area (Å²) in [7, 11) is 0. The Morgan fingerprint density at radius 1 is 1.06 bits per heavy atom. The van der Waals surface area contributed by atoms with Crippen LogP contribution in [0.25, 0.3) is 0 Å². The van der Waals surface area contributed by atoms with Gasteiger partial charge in [-0.1, -0.05) is 38.1 Å². The molecule has 2 unspecified atom stereocenters. The van der Waals surface area contributed by atoms with Crippen LogP contribution in [-0.4, -0.2) is 54.5 Å². The molecule has 2 heterocycles. The Morgan fingerprint density at radius 2 is 1.65 bits per heavy atom. The number of hydrogen-bond donors (Lipinski definition) is 0. The minimum absolute atomic E-state index is 0.117. The predicted octanol–water partition coefficient (Wildman–Crippen LogP) is 5.99. The van der Waals surface area contributed by atoms with Crippen molar-refractivity contribution >= 4 is 0 Å². The average molecular weight is 474 g/mol. The van der Waals surface area contributed by atoms with Crippen molar-refractivity contribution in [2.45, 2.75) is 89.4 Å². The molecule has 1 aromatic rings. The molecular formula is C28H43NO5. The Bertz CT molecular complexity index is 786. The fourth-order valence-corrected chi connectivity index (χ4v) is 5.13. The highest BCUT2D eigenvalue weighted by Crippen LogP contribution is 2.50. The van der Waals surface area contributed by atoms with Crippen LogP contribution in [-0.2, 0) is 19.0 Å². The van der Waals surface area contributed by atoms with Crippen molar-refractivity contribution in [3.8, 4) is 5.75 Å². The van der Waals surface area contributed by atoms with Gasteiger partial charge < -0.3 is 18.9 Å². The molecule has 0 spiro atoms. The molecule has 0 aliphatic carbocycles. The van der Waals surface area contributed by atoms with Crippen molar-refractivity contribution in [1.82, 2.24) is 5.06 Å². The normalized spacial score (nSPS) is 23.7. The molecule has 190 valence electrons. The molecule has 2 atom stereocenters. The molecule has 2 aliphatic heterocycles. The summed E-state index contributed by atoms with van der Waals surface area (Å²) >= 11 is 0. The second-order valence-electron chi connectivity index (χ2n) is 10.1. The first-order valence-electron chi connectivity index (χ1n) is 12.5. The monoisotopic (exact) mass is 473 g/mol. The summed E-state index contributed by atoms with van der Waals surface area (Å²) in [6, 6.07) is 8.16. The zero-order chi connectivity index (χ0) is 24.8.